The van der Waals surface area contributed by atoms with Crippen LogP contribution >= 0.6 is 0 Å². The predicted octanol–water partition coefficient (Wildman–Crippen LogP) is 3.21. The monoisotopic (exact) mass is 283 g/mol. The Hall–Kier alpha value is -2.30. The molecular formula is C16H21N5. The number of benzene rings is 1. The van der Waals surface area contributed by atoms with Gasteiger partial charge in [0.1, 0.15) is 17.5 Å². The third-order valence-electron chi connectivity index (χ3n) is 3.60. The molecule has 0 atom stereocenters. The van der Waals surface area contributed by atoms with Crippen molar-refractivity contribution in [2.24, 2.45) is 0 Å². The van der Waals surface area contributed by atoms with Crippen molar-refractivity contribution in [2.45, 2.75) is 18.8 Å². The molecule has 2 N–H and O–H groups in total. The zero-order chi connectivity index (χ0) is 14.8. The van der Waals surface area contributed by atoms with E-state index in [1.165, 1.54) is 18.5 Å². The first-order chi connectivity index (χ1) is 10.2. The summed E-state index contributed by atoms with van der Waals surface area (Å²) in [6, 6.07) is 10.2. The number of hydrogen-bond donors (Lipinski definition) is 2. The van der Waals surface area contributed by atoms with Crippen LogP contribution in [0.3, 0.4) is 0 Å². The molecule has 1 heterocycles. The van der Waals surface area contributed by atoms with E-state index in [0.29, 0.717) is 5.92 Å². The average Bonchev–Trinajstić information content (AvgIpc) is 3.32. The van der Waals surface area contributed by atoms with Gasteiger partial charge in [0.15, 0.2) is 0 Å². The molecule has 1 aromatic heterocycles. The van der Waals surface area contributed by atoms with Crippen LogP contribution in [0.5, 0.6) is 0 Å². The third-order valence-corrected chi connectivity index (χ3v) is 3.60. The highest BCUT2D eigenvalue weighted by molar-refractivity contribution is 5.62. The zero-order valence-corrected chi connectivity index (χ0v) is 12.7. The van der Waals surface area contributed by atoms with Crippen LogP contribution in [0.2, 0.25) is 0 Å². The molecule has 21 heavy (non-hydrogen) atoms. The van der Waals surface area contributed by atoms with Crippen molar-refractivity contribution in [3.05, 3.63) is 36.2 Å². The van der Waals surface area contributed by atoms with Crippen molar-refractivity contribution in [2.75, 3.05) is 36.7 Å². The minimum atomic E-state index is 0.537. The fraction of sp³-hybridized carbons (Fsp3) is 0.375. The summed E-state index contributed by atoms with van der Waals surface area (Å²) in [6.45, 7) is 0. The molecule has 0 aliphatic heterocycles. The number of hydrogen-bond acceptors (Lipinski definition) is 5. The second kappa shape index (κ2) is 5.60. The van der Waals surface area contributed by atoms with E-state index in [9.17, 15) is 0 Å². The van der Waals surface area contributed by atoms with Crippen molar-refractivity contribution in [1.82, 2.24) is 9.97 Å². The van der Waals surface area contributed by atoms with E-state index in [1.54, 1.807) is 0 Å². The van der Waals surface area contributed by atoms with Crippen LogP contribution in [0.15, 0.2) is 30.3 Å². The molecule has 0 spiro atoms. The van der Waals surface area contributed by atoms with Gasteiger partial charge in [-0.25, -0.2) is 9.97 Å². The summed E-state index contributed by atoms with van der Waals surface area (Å²) in [6.07, 6.45) is 2.40. The number of rotatable bonds is 5. The molecule has 0 amide bonds. The zero-order valence-electron chi connectivity index (χ0n) is 12.7. The first kappa shape index (κ1) is 13.7. The van der Waals surface area contributed by atoms with E-state index in [4.69, 9.17) is 0 Å². The van der Waals surface area contributed by atoms with Gasteiger partial charge in [-0.3, -0.25) is 0 Å². The second-order valence-electron chi connectivity index (χ2n) is 5.59. The van der Waals surface area contributed by atoms with Crippen LogP contribution < -0.4 is 15.5 Å². The molecule has 5 nitrogen and oxygen atoms in total. The van der Waals surface area contributed by atoms with Crippen LogP contribution in [0.25, 0.3) is 0 Å². The largest absolute Gasteiger partial charge is 0.378 e. The SMILES string of the molecule is CNc1cc(Nc2ccc(N(C)C)cc2)nc(C2CC2)n1. The first-order valence-electron chi connectivity index (χ1n) is 7.27. The fourth-order valence-corrected chi connectivity index (χ4v) is 2.17. The van der Waals surface area contributed by atoms with Gasteiger partial charge in [-0.05, 0) is 37.1 Å². The van der Waals surface area contributed by atoms with Crippen LogP contribution in [-0.4, -0.2) is 31.1 Å². The highest BCUT2D eigenvalue weighted by Gasteiger charge is 2.27. The maximum Gasteiger partial charge on any atom is 0.136 e. The lowest BCUT2D eigenvalue weighted by Gasteiger charge is -2.14. The van der Waals surface area contributed by atoms with E-state index in [-0.39, 0.29) is 0 Å². The summed E-state index contributed by atoms with van der Waals surface area (Å²) >= 11 is 0. The van der Waals surface area contributed by atoms with Gasteiger partial charge in [0.05, 0.1) is 0 Å². The highest BCUT2D eigenvalue weighted by atomic mass is 15.1. The molecule has 1 aromatic carbocycles. The standard InChI is InChI=1S/C16H21N5/c1-17-14-10-15(20-16(19-14)11-4-5-11)18-12-6-8-13(9-7-12)21(2)3/h6-11H,4-5H2,1-3H3,(H2,17,18,19,20). The van der Waals surface area contributed by atoms with Gasteiger partial charge in [0.25, 0.3) is 0 Å². The van der Waals surface area contributed by atoms with Crippen molar-refractivity contribution in [3.63, 3.8) is 0 Å². The molecule has 3 rings (SSSR count). The number of nitrogens with zero attached hydrogens (tertiary/aromatic N) is 3. The molecule has 1 aliphatic rings. The predicted molar refractivity (Wildman–Crippen MR) is 87.6 cm³/mol. The molecule has 0 bridgehead atoms. The van der Waals surface area contributed by atoms with E-state index in [1.807, 2.05) is 27.2 Å². The van der Waals surface area contributed by atoms with Crippen LogP contribution in [0.1, 0.15) is 24.6 Å². The molecule has 0 unspecified atom stereocenters. The van der Waals surface area contributed by atoms with Crippen LogP contribution in [0, 0.1) is 0 Å². The summed E-state index contributed by atoms with van der Waals surface area (Å²) in [5, 5.41) is 6.46. The van der Waals surface area contributed by atoms with Gasteiger partial charge < -0.3 is 15.5 Å². The Balaban J connectivity index is 1.81. The lowest BCUT2D eigenvalue weighted by atomic mass is 10.2. The molecule has 110 valence electrons. The highest BCUT2D eigenvalue weighted by Crippen LogP contribution is 2.39. The van der Waals surface area contributed by atoms with Crippen LogP contribution in [0.4, 0.5) is 23.0 Å². The summed E-state index contributed by atoms with van der Waals surface area (Å²) in [4.78, 5) is 11.2. The average molecular weight is 283 g/mol. The van der Waals surface area contributed by atoms with Crippen LogP contribution in [-0.2, 0) is 0 Å². The Morgan fingerprint density at radius 1 is 1.05 bits per heavy atom. The topological polar surface area (TPSA) is 53.1 Å². The van der Waals surface area contributed by atoms with Crippen molar-refractivity contribution in [3.8, 4) is 0 Å². The minimum Gasteiger partial charge on any atom is -0.378 e. The lowest BCUT2D eigenvalue weighted by Crippen LogP contribution is -2.08. The van der Waals surface area contributed by atoms with Gasteiger partial charge in [-0.1, -0.05) is 0 Å². The molecule has 1 fully saturated rings. The quantitative estimate of drug-likeness (QED) is 0.882. The Morgan fingerprint density at radius 3 is 2.29 bits per heavy atom. The lowest BCUT2D eigenvalue weighted by molar-refractivity contribution is 0.932. The van der Waals surface area contributed by atoms with Gasteiger partial charge in [-0.15, -0.1) is 0 Å². The molecule has 0 saturated heterocycles. The van der Waals surface area contributed by atoms with E-state index < -0.39 is 0 Å². The van der Waals surface area contributed by atoms with E-state index >= 15 is 0 Å². The number of nitrogens with one attached hydrogen (secondary N) is 2. The Bertz CT molecular complexity index is 617. The fourth-order valence-electron chi connectivity index (χ4n) is 2.17. The van der Waals surface area contributed by atoms with Gasteiger partial charge >= 0.3 is 0 Å². The molecule has 2 aromatic rings. The van der Waals surface area contributed by atoms with E-state index in [0.717, 1.165) is 23.1 Å². The molecule has 0 radical (unpaired) electrons. The third kappa shape index (κ3) is 3.24. The number of aromatic nitrogens is 2. The maximum atomic E-state index is 4.62. The number of anilines is 4. The summed E-state index contributed by atoms with van der Waals surface area (Å²) in [5.41, 5.74) is 2.21. The Morgan fingerprint density at radius 2 is 1.71 bits per heavy atom. The van der Waals surface area contributed by atoms with Crippen molar-refractivity contribution < 1.29 is 0 Å². The Kier molecular flexibility index (Phi) is 3.64. The molecular weight excluding hydrogens is 262 g/mol. The molecule has 5 heteroatoms. The normalized spacial score (nSPS) is 13.9. The summed E-state index contributed by atoms with van der Waals surface area (Å²) < 4.78 is 0. The smallest absolute Gasteiger partial charge is 0.136 e. The van der Waals surface area contributed by atoms with Gasteiger partial charge in [-0.2, -0.15) is 0 Å². The summed E-state index contributed by atoms with van der Waals surface area (Å²) in [7, 11) is 5.95. The Labute approximate surface area is 125 Å². The van der Waals surface area contributed by atoms with Crippen molar-refractivity contribution >= 4 is 23.0 Å². The summed E-state index contributed by atoms with van der Waals surface area (Å²) in [5.74, 6) is 3.18. The molecule has 1 aliphatic carbocycles. The maximum absolute atomic E-state index is 4.62. The molecule has 1 saturated carbocycles. The first-order valence-corrected chi connectivity index (χ1v) is 7.27. The van der Waals surface area contributed by atoms with Crippen molar-refractivity contribution in [1.29, 1.82) is 0 Å². The van der Waals surface area contributed by atoms with E-state index in [2.05, 4.69) is 49.8 Å². The minimum absolute atomic E-state index is 0.537. The van der Waals surface area contributed by atoms with Gasteiger partial charge in [0, 0.05) is 44.5 Å². The van der Waals surface area contributed by atoms with Gasteiger partial charge in [0.2, 0.25) is 0 Å². The second-order valence-corrected chi connectivity index (χ2v) is 5.59.